The van der Waals surface area contributed by atoms with E-state index in [2.05, 4.69) is 11.0 Å². The Kier molecular flexibility index (Phi) is 2.88. The van der Waals surface area contributed by atoms with E-state index in [-0.39, 0.29) is 6.04 Å². The molecule has 100 valence electrons. The highest BCUT2D eigenvalue weighted by Gasteiger charge is 2.33. The Morgan fingerprint density at radius 1 is 1.21 bits per heavy atom. The van der Waals surface area contributed by atoms with Crippen molar-refractivity contribution in [2.24, 2.45) is 0 Å². The molecule has 19 heavy (non-hydrogen) atoms. The van der Waals surface area contributed by atoms with E-state index in [9.17, 15) is 13.2 Å². The first-order valence-electron chi connectivity index (χ1n) is 6.35. The van der Waals surface area contributed by atoms with E-state index in [1.165, 1.54) is 17.8 Å². The highest BCUT2D eigenvalue weighted by molar-refractivity contribution is 5.32. The van der Waals surface area contributed by atoms with Crippen LogP contribution >= 0.6 is 0 Å². The molecule has 0 bridgehead atoms. The summed E-state index contributed by atoms with van der Waals surface area (Å²) in [6.45, 7) is 0.784. The summed E-state index contributed by atoms with van der Waals surface area (Å²) in [4.78, 5) is 2.19. The third kappa shape index (κ3) is 2.27. The van der Waals surface area contributed by atoms with Crippen molar-refractivity contribution < 1.29 is 13.2 Å². The normalized spacial score (nSPS) is 22.4. The lowest BCUT2D eigenvalue weighted by molar-refractivity contribution is -0.137. The van der Waals surface area contributed by atoms with Gasteiger partial charge in [-0.1, -0.05) is 24.3 Å². The SMILES string of the molecule is FC(F)(F)c1cccc(C2CCC3=CC=CCN32)c1. The number of fused-ring (bicyclic) bond motifs is 1. The van der Waals surface area contributed by atoms with Crippen LogP contribution < -0.4 is 0 Å². The largest absolute Gasteiger partial charge is 0.416 e. The van der Waals surface area contributed by atoms with Gasteiger partial charge in [0.2, 0.25) is 0 Å². The number of halogens is 3. The van der Waals surface area contributed by atoms with Gasteiger partial charge in [-0.15, -0.1) is 0 Å². The van der Waals surface area contributed by atoms with Crippen LogP contribution in [0.1, 0.15) is 30.0 Å². The summed E-state index contributed by atoms with van der Waals surface area (Å²) in [5.41, 5.74) is 1.42. The van der Waals surface area contributed by atoms with Gasteiger partial charge in [0.05, 0.1) is 11.6 Å². The third-order valence-corrected chi connectivity index (χ3v) is 3.74. The van der Waals surface area contributed by atoms with Gasteiger partial charge in [0.15, 0.2) is 0 Å². The van der Waals surface area contributed by atoms with E-state index in [1.807, 2.05) is 12.2 Å². The van der Waals surface area contributed by atoms with Gasteiger partial charge in [-0.05, 0) is 36.6 Å². The average molecular weight is 265 g/mol. The Labute approximate surface area is 110 Å². The number of hydrogen-bond acceptors (Lipinski definition) is 1. The molecule has 2 aliphatic rings. The monoisotopic (exact) mass is 265 g/mol. The van der Waals surface area contributed by atoms with E-state index in [1.54, 1.807) is 6.07 Å². The van der Waals surface area contributed by atoms with Gasteiger partial charge in [0.1, 0.15) is 0 Å². The Morgan fingerprint density at radius 3 is 2.84 bits per heavy atom. The molecule has 3 rings (SSSR count). The maximum absolute atomic E-state index is 12.8. The molecule has 1 nitrogen and oxygen atoms in total. The lowest BCUT2D eigenvalue weighted by Gasteiger charge is -2.29. The van der Waals surface area contributed by atoms with Crippen LogP contribution in [0.2, 0.25) is 0 Å². The van der Waals surface area contributed by atoms with Gasteiger partial charge in [-0.25, -0.2) is 0 Å². The molecular formula is C15H14F3N. The molecule has 0 aliphatic carbocycles. The van der Waals surface area contributed by atoms with Crippen LogP contribution in [0, 0.1) is 0 Å². The Morgan fingerprint density at radius 2 is 2.05 bits per heavy atom. The van der Waals surface area contributed by atoms with Gasteiger partial charge in [0.25, 0.3) is 0 Å². The second-order valence-electron chi connectivity index (χ2n) is 4.92. The van der Waals surface area contributed by atoms with E-state index in [4.69, 9.17) is 0 Å². The van der Waals surface area contributed by atoms with Crippen molar-refractivity contribution in [3.8, 4) is 0 Å². The van der Waals surface area contributed by atoms with E-state index < -0.39 is 11.7 Å². The number of hydrogen-bond donors (Lipinski definition) is 0. The molecule has 2 aliphatic heterocycles. The van der Waals surface area contributed by atoms with Crippen LogP contribution in [0.5, 0.6) is 0 Å². The fraction of sp³-hybridized carbons (Fsp3) is 0.333. The van der Waals surface area contributed by atoms with Crippen molar-refractivity contribution in [3.05, 3.63) is 59.3 Å². The molecule has 1 atom stereocenters. The smallest absolute Gasteiger partial charge is 0.364 e. The predicted octanol–water partition coefficient (Wildman–Crippen LogP) is 4.30. The second-order valence-corrected chi connectivity index (χ2v) is 4.92. The maximum Gasteiger partial charge on any atom is 0.416 e. The molecule has 0 saturated carbocycles. The molecule has 2 heterocycles. The first-order chi connectivity index (χ1) is 9.05. The third-order valence-electron chi connectivity index (χ3n) is 3.74. The molecule has 1 saturated heterocycles. The van der Waals surface area contributed by atoms with Gasteiger partial charge < -0.3 is 4.90 Å². The number of alkyl halides is 3. The van der Waals surface area contributed by atoms with Crippen LogP contribution in [0.4, 0.5) is 13.2 Å². The summed E-state index contributed by atoms with van der Waals surface area (Å²) >= 11 is 0. The molecule has 4 heteroatoms. The standard InChI is InChI=1S/C15H14F3N/c16-15(17,18)12-5-3-4-11(10-12)14-8-7-13-6-1-2-9-19(13)14/h1-6,10,14H,7-9H2. The minimum absolute atomic E-state index is 0.0681. The molecule has 0 aromatic heterocycles. The van der Waals surface area contributed by atoms with E-state index in [0.717, 1.165) is 31.0 Å². The minimum atomic E-state index is -4.27. The molecule has 1 fully saturated rings. The van der Waals surface area contributed by atoms with Crippen LogP contribution in [-0.4, -0.2) is 11.4 Å². The minimum Gasteiger partial charge on any atom is -0.364 e. The summed E-state index contributed by atoms with van der Waals surface area (Å²) in [6.07, 6.45) is 3.65. The Hall–Kier alpha value is -1.71. The molecule has 0 N–H and O–H groups in total. The van der Waals surface area contributed by atoms with Crippen molar-refractivity contribution in [2.45, 2.75) is 25.1 Å². The molecule has 1 unspecified atom stereocenters. The summed E-state index contributed by atoms with van der Waals surface area (Å²) in [7, 11) is 0. The quantitative estimate of drug-likeness (QED) is 0.732. The highest BCUT2D eigenvalue weighted by atomic mass is 19.4. The zero-order valence-electron chi connectivity index (χ0n) is 10.3. The number of nitrogens with zero attached hydrogens (tertiary/aromatic N) is 1. The summed E-state index contributed by atoms with van der Waals surface area (Å²) in [5.74, 6) is 0. The molecule has 1 aromatic rings. The van der Waals surface area contributed by atoms with Crippen LogP contribution in [0.3, 0.4) is 0 Å². The highest BCUT2D eigenvalue weighted by Crippen LogP contribution is 2.40. The van der Waals surface area contributed by atoms with Crippen molar-refractivity contribution in [1.82, 2.24) is 4.90 Å². The molecule has 0 spiro atoms. The predicted molar refractivity (Wildman–Crippen MR) is 67.3 cm³/mol. The van der Waals surface area contributed by atoms with Crippen molar-refractivity contribution in [2.75, 3.05) is 6.54 Å². The molecule has 1 aromatic carbocycles. The lowest BCUT2D eigenvalue weighted by atomic mass is 10.0. The van der Waals surface area contributed by atoms with Gasteiger partial charge in [-0.3, -0.25) is 0 Å². The summed E-state index contributed by atoms with van der Waals surface area (Å²) in [5, 5.41) is 0. The first kappa shape index (κ1) is 12.3. The lowest BCUT2D eigenvalue weighted by Crippen LogP contribution is -2.23. The molecule has 0 radical (unpaired) electrons. The fourth-order valence-corrected chi connectivity index (χ4v) is 2.83. The topological polar surface area (TPSA) is 3.24 Å². The van der Waals surface area contributed by atoms with Gasteiger partial charge in [-0.2, -0.15) is 13.2 Å². The summed E-state index contributed by atoms with van der Waals surface area (Å²) in [6, 6.07) is 5.77. The average Bonchev–Trinajstić information content (AvgIpc) is 2.82. The van der Waals surface area contributed by atoms with Crippen LogP contribution in [-0.2, 0) is 6.18 Å². The van der Waals surface area contributed by atoms with E-state index in [0.29, 0.717) is 0 Å². The summed E-state index contributed by atoms with van der Waals surface area (Å²) < 4.78 is 38.3. The van der Waals surface area contributed by atoms with Crippen LogP contribution in [0.25, 0.3) is 0 Å². The van der Waals surface area contributed by atoms with Crippen LogP contribution in [0.15, 0.2) is 48.2 Å². The van der Waals surface area contributed by atoms with E-state index >= 15 is 0 Å². The first-order valence-corrected chi connectivity index (χ1v) is 6.35. The molecule has 0 amide bonds. The van der Waals surface area contributed by atoms with Crippen molar-refractivity contribution in [3.63, 3.8) is 0 Å². The Balaban J connectivity index is 1.91. The zero-order valence-corrected chi connectivity index (χ0v) is 10.3. The van der Waals surface area contributed by atoms with Crippen molar-refractivity contribution in [1.29, 1.82) is 0 Å². The number of allylic oxidation sites excluding steroid dienone is 3. The maximum atomic E-state index is 12.8. The second kappa shape index (κ2) is 4.44. The number of benzene rings is 1. The van der Waals surface area contributed by atoms with Gasteiger partial charge in [0, 0.05) is 12.2 Å². The van der Waals surface area contributed by atoms with Gasteiger partial charge >= 0.3 is 6.18 Å². The Bertz CT molecular complexity index is 543. The fourth-order valence-electron chi connectivity index (χ4n) is 2.83. The number of rotatable bonds is 1. The molecular weight excluding hydrogens is 251 g/mol. The zero-order chi connectivity index (χ0) is 13.5. The van der Waals surface area contributed by atoms with Crippen molar-refractivity contribution >= 4 is 0 Å².